The summed E-state index contributed by atoms with van der Waals surface area (Å²) in [5, 5.41) is 10.0. The summed E-state index contributed by atoms with van der Waals surface area (Å²) < 4.78 is 9.20. The summed E-state index contributed by atoms with van der Waals surface area (Å²) in [6.07, 6.45) is -0.146. The van der Waals surface area contributed by atoms with Gasteiger partial charge in [-0.2, -0.15) is 10.3 Å². The van der Waals surface area contributed by atoms with Crippen LogP contribution in [0.15, 0.2) is 0 Å². The van der Waals surface area contributed by atoms with Gasteiger partial charge in [-0.3, -0.25) is 4.84 Å². The van der Waals surface area contributed by atoms with Crippen LogP contribution < -0.4 is 0 Å². The lowest BCUT2D eigenvalue weighted by atomic mass is 9.87. The lowest BCUT2D eigenvalue weighted by Crippen LogP contribution is -2.56. The standard InChI is InChI=1S/C10H14N2O5/c1-9(6-11)5-10(7(13)15-3,8(14)16-4)12(2)17-9/h5H2,1-4H3. The highest BCUT2D eigenvalue weighted by Gasteiger charge is 2.63. The number of carbonyl (C=O) groups is 2. The summed E-state index contributed by atoms with van der Waals surface area (Å²) in [4.78, 5) is 28.8. The Morgan fingerprint density at radius 3 is 2.12 bits per heavy atom. The molecule has 0 amide bonds. The van der Waals surface area contributed by atoms with E-state index in [0.717, 1.165) is 19.3 Å². The van der Waals surface area contributed by atoms with Crippen LogP contribution in [0.25, 0.3) is 0 Å². The van der Waals surface area contributed by atoms with E-state index in [9.17, 15) is 9.59 Å². The molecular weight excluding hydrogens is 228 g/mol. The third-order valence-corrected chi connectivity index (χ3v) is 2.75. The summed E-state index contributed by atoms with van der Waals surface area (Å²) in [5.41, 5.74) is -2.99. The van der Waals surface area contributed by atoms with E-state index in [2.05, 4.69) is 9.47 Å². The lowest BCUT2D eigenvalue weighted by Gasteiger charge is -2.27. The fourth-order valence-electron chi connectivity index (χ4n) is 1.89. The van der Waals surface area contributed by atoms with Gasteiger partial charge >= 0.3 is 11.9 Å². The number of rotatable bonds is 2. The zero-order valence-corrected chi connectivity index (χ0v) is 10.1. The summed E-state index contributed by atoms with van der Waals surface area (Å²) in [6, 6.07) is 1.90. The zero-order valence-electron chi connectivity index (χ0n) is 10.1. The highest BCUT2D eigenvalue weighted by atomic mass is 16.7. The molecule has 0 bridgehead atoms. The van der Waals surface area contributed by atoms with Gasteiger partial charge in [0.2, 0.25) is 5.54 Å². The molecule has 0 aromatic rings. The van der Waals surface area contributed by atoms with Crippen molar-refractivity contribution in [3.8, 4) is 6.07 Å². The molecule has 1 fully saturated rings. The van der Waals surface area contributed by atoms with Crippen molar-refractivity contribution in [3.63, 3.8) is 0 Å². The Morgan fingerprint density at radius 1 is 1.35 bits per heavy atom. The van der Waals surface area contributed by atoms with Crippen LogP contribution in [0, 0.1) is 11.3 Å². The number of likely N-dealkylation sites (N-methyl/N-ethyl adjacent to an activating group) is 1. The number of methoxy groups -OCH3 is 2. The van der Waals surface area contributed by atoms with Crippen molar-refractivity contribution >= 4 is 11.9 Å². The Labute approximate surface area is 98.8 Å². The van der Waals surface area contributed by atoms with Gasteiger partial charge in [-0.1, -0.05) is 0 Å². The molecule has 7 nitrogen and oxygen atoms in total. The van der Waals surface area contributed by atoms with Crippen LogP contribution >= 0.6 is 0 Å². The number of esters is 2. The van der Waals surface area contributed by atoms with Crippen molar-refractivity contribution in [2.75, 3.05) is 21.3 Å². The molecule has 7 heteroatoms. The Kier molecular flexibility index (Phi) is 3.40. The molecule has 94 valence electrons. The third-order valence-electron chi connectivity index (χ3n) is 2.75. The van der Waals surface area contributed by atoms with Crippen molar-refractivity contribution in [2.45, 2.75) is 24.5 Å². The predicted octanol–water partition coefficient (Wildman–Crippen LogP) is -0.379. The number of nitrogens with zero attached hydrogens (tertiary/aromatic N) is 2. The average Bonchev–Trinajstić information content (AvgIpc) is 2.60. The highest BCUT2D eigenvalue weighted by Crippen LogP contribution is 2.38. The van der Waals surface area contributed by atoms with Gasteiger partial charge in [0.05, 0.1) is 20.3 Å². The van der Waals surface area contributed by atoms with Crippen molar-refractivity contribution in [3.05, 3.63) is 0 Å². The van der Waals surface area contributed by atoms with Gasteiger partial charge < -0.3 is 9.47 Å². The Balaban J connectivity index is 3.23. The lowest BCUT2D eigenvalue weighted by molar-refractivity contribution is -0.208. The largest absolute Gasteiger partial charge is 0.467 e. The maximum atomic E-state index is 11.8. The Morgan fingerprint density at radius 2 is 1.82 bits per heavy atom. The van der Waals surface area contributed by atoms with Gasteiger partial charge in [0.25, 0.3) is 0 Å². The Hall–Kier alpha value is -1.65. The highest BCUT2D eigenvalue weighted by molar-refractivity contribution is 6.05. The van der Waals surface area contributed by atoms with Crippen LogP contribution in [0.4, 0.5) is 0 Å². The molecular formula is C10H14N2O5. The van der Waals surface area contributed by atoms with Crippen LogP contribution in [-0.4, -0.2) is 49.4 Å². The molecule has 0 saturated carbocycles. The van der Waals surface area contributed by atoms with E-state index in [1.54, 1.807) is 0 Å². The fourth-order valence-corrected chi connectivity index (χ4v) is 1.89. The molecule has 0 N–H and O–H groups in total. The molecule has 1 heterocycles. The first-order valence-corrected chi connectivity index (χ1v) is 4.87. The molecule has 1 rings (SSSR count). The molecule has 0 aromatic heterocycles. The molecule has 1 saturated heterocycles. The minimum Gasteiger partial charge on any atom is -0.467 e. The molecule has 0 radical (unpaired) electrons. The summed E-state index contributed by atoms with van der Waals surface area (Å²) in [6.45, 7) is 1.48. The summed E-state index contributed by atoms with van der Waals surface area (Å²) >= 11 is 0. The molecule has 1 aliphatic heterocycles. The second-order valence-electron chi connectivity index (χ2n) is 3.95. The molecule has 1 atom stereocenters. The van der Waals surface area contributed by atoms with Gasteiger partial charge in [0.1, 0.15) is 0 Å². The Bertz CT molecular complexity index is 373. The van der Waals surface area contributed by atoms with E-state index >= 15 is 0 Å². The molecule has 1 unspecified atom stereocenters. The zero-order chi connectivity index (χ0) is 13.3. The SMILES string of the molecule is COC(=O)C1(C(=O)OC)CC(C)(C#N)ON1C. The van der Waals surface area contributed by atoms with E-state index in [-0.39, 0.29) is 6.42 Å². The van der Waals surface area contributed by atoms with Crippen LogP contribution in [0.5, 0.6) is 0 Å². The van der Waals surface area contributed by atoms with Crippen molar-refractivity contribution in [1.29, 1.82) is 5.26 Å². The number of nitriles is 1. The van der Waals surface area contributed by atoms with E-state index < -0.39 is 23.1 Å². The molecule has 0 aliphatic carbocycles. The van der Waals surface area contributed by atoms with Crippen molar-refractivity contribution in [1.82, 2.24) is 5.06 Å². The third kappa shape index (κ3) is 1.85. The predicted molar refractivity (Wildman–Crippen MR) is 54.2 cm³/mol. The van der Waals surface area contributed by atoms with Crippen LogP contribution in [0.3, 0.4) is 0 Å². The van der Waals surface area contributed by atoms with Crippen molar-refractivity contribution < 1.29 is 23.9 Å². The summed E-state index contributed by atoms with van der Waals surface area (Å²) in [5.74, 6) is -1.63. The minimum absolute atomic E-state index is 0.146. The smallest absolute Gasteiger partial charge is 0.340 e. The molecule has 17 heavy (non-hydrogen) atoms. The second kappa shape index (κ2) is 4.31. The topological polar surface area (TPSA) is 88.9 Å². The maximum Gasteiger partial charge on any atom is 0.340 e. The number of ether oxygens (including phenoxy) is 2. The van der Waals surface area contributed by atoms with Gasteiger partial charge in [-0.05, 0) is 6.92 Å². The van der Waals surface area contributed by atoms with Gasteiger partial charge in [-0.15, -0.1) is 0 Å². The number of hydroxylamine groups is 2. The maximum absolute atomic E-state index is 11.8. The normalized spacial score (nSPS) is 27.2. The fraction of sp³-hybridized carbons (Fsp3) is 0.700. The first kappa shape index (κ1) is 13.4. The van der Waals surface area contributed by atoms with E-state index in [1.165, 1.54) is 14.0 Å². The van der Waals surface area contributed by atoms with E-state index in [4.69, 9.17) is 10.1 Å². The van der Waals surface area contributed by atoms with Gasteiger partial charge in [0.15, 0.2) is 5.60 Å². The molecule has 0 spiro atoms. The van der Waals surface area contributed by atoms with Gasteiger partial charge in [-0.25, -0.2) is 9.59 Å². The number of hydrogen-bond acceptors (Lipinski definition) is 7. The summed E-state index contributed by atoms with van der Waals surface area (Å²) in [7, 11) is 3.70. The van der Waals surface area contributed by atoms with E-state index in [0.29, 0.717) is 0 Å². The number of hydrogen-bond donors (Lipinski definition) is 0. The number of carbonyl (C=O) groups excluding carboxylic acids is 2. The van der Waals surface area contributed by atoms with Crippen LogP contribution in [-0.2, 0) is 23.9 Å². The van der Waals surface area contributed by atoms with Crippen LogP contribution in [0.1, 0.15) is 13.3 Å². The van der Waals surface area contributed by atoms with Crippen LogP contribution in [0.2, 0.25) is 0 Å². The van der Waals surface area contributed by atoms with Crippen molar-refractivity contribution in [2.24, 2.45) is 0 Å². The first-order chi connectivity index (χ1) is 7.86. The van der Waals surface area contributed by atoms with Gasteiger partial charge in [0, 0.05) is 13.5 Å². The van der Waals surface area contributed by atoms with E-state index in [1.807, 2.05) is 6.07 Å². The molecule has 1 aliphatic rings. The monoisotopic (exact) mass is 242 g/mol. The minimum atomic E-state index is -1.73. The quantitative estimate of drug-likeness (QED) is 0.481. The average molecular weight is 242 g/mol. The first-order valence-electron chi connectivity index (χ1n) is 4.87. The molecule has 0 aromatic carbocycles. The second-order valence-corrected chi connectivity index (χ2v) is 3.95.